The zero-order valence-electron chi connectivity index (χ0n) is 10.7. The maximum Gasteiger partial charge on any atom is 0.123 e. The number of nitrogens with one attached hydrogen (secondary N) is 1. The first-order chi connectivity index (χ1) is 8.74. The zero-order chi connectivity index (χ0) is 12.8. The Morgan fingerprint density at radius 2 is 2.00 bits per heavy atom. The third kappa shape index (κ3) is 2.90. The van der Waals surface area contributed by atoms with E-state index in [0.29, 0.717) is 0 Å². The molecule has 1 aromatic carbocycles. The van der Waals surface area contributed by atoms with E-state index >= 15 is 0 Å². The van der Waals surface area contributed by atoms with Crippen molar-refractivity contribution in [2.75, 3.05) is 0 Å². The summed E-state index contributed by atoms with van der Waals surface area (Å²) < 4.78 is 5.53. The van der Waals surface area contributed by atoms with Crippen LogP contribution in [0.5, 0.6) is 0 Å². The van der Waals surface area contributed by atoms with E-state index < -0.39 is 0 Å². The van der Waals surface area contributed by atoms with Gasteiger partial charge < -0.3 is 9.73 Å². The van der Waals surface area contributed by atoms with Gasteiger partial charge in [-0.15, -0.1) is 6.58 Å². The number of hydrogen-bond donors (Lipinski definition) is 1. The van der Waals surface area contributed by atoms with Crippen LogP contribution in [-0.4, -0.2) is 0 Å². The van der Waals surface area contributed by atoms with E-state index in [1.165, 1.54) is 5.56 Å². The van der Waals surface area contributed by atoms with Crippen LogP contribution in [0.15, 0.2) is 65.8 Å². The fourth-order valence-corrected chi connectivity index (χ4v) is 2.03. The van der Waals surface area contributed by atoms with Crippen molar-refractivity contribution in [3.63, 3.8) is 0 Å². The second kappa shape index (κ2) is 5.69. The van der Waals surface area contributed by atoms with Gasteiger partial charge in [0.25, 0.3) is 0 Å². The summed E-state index contributed by atoms with van der Waals surface area (Å²) in [5.41, 5.74) is 1.06. The van der Waals surface area contributed by atoms with Crippen LogP contribution in [0, 0.1) is 0 Å². The summed E-state index contributed by atoms with van der Waals surface area (Å²) in [6, 6.07) is 14.3. The predicted molar refractivity (Wildman–Crippen MR) is 74.2 cm³/mol. The molecule has 1 heterocycles. The largest absolute Gasteiger partial charge is 0.467 e. The molecule has 0 unspecified atom stereocenters. The molecule has 1 atom stereocenters. The highest BCUT2D eigenvalue weighted by molar-refractivity contribution is 5.17. The van der Waals surface area contributed by atoms with Crippen LogP contribution in [0.4, 0.5) is 0 Å². The molecule has 2 rings (SSSR count). The van der Waals surface area contributed by atoms with Crippen molar-refractivity contribution >= 4 is 0 Å². The summed E-state index contributed by atoms with van der Waals surface area (Å²) in [6.45, 7) is 6.78. The first-order valence-electron chi connectivity index (χ1n) is 6.18. The monoisotopic (exact) mass is 241 g/mol. The van der Waals surface area contributed by atoms with Gasteiger partial charge in [-0.3, -0.25) is 0 Å². The first-order valence-corrected chi connectivity index (χ1v) is 6.18. The van der Waals surface area contributed by atoms with E-state index in [2.05, 4.69) is 43.1 Å². The van der Waals surface area contributed by atoms with Crippen LogP contribution in [0.2, 0.25) is 0 Å². The smallest absolute Gasteiger partial charge is 0.123 e. The van der Waals surface area contributed by atoms with Crippen LogP contribution in [0.25, 0.3) is 0 Å². The minimum absolute atomic E-state index is 0.207. The quantitative estimate of drug-likeness (QED) is 0.777. The van der Waals surface area contributed by atoms with Crippen LogP contribution < -0.4 is 5.32 Å². The molecular formula is C16H19NO. The lowest BCUT2D eigenvalue weighted by Gasteiger charge is -2.28. The van der Waals surface area contributed by atoms with E-state index in [-0.39, 0.29) is 5.54 Å². The molecule has 94 valence electrons. The molecule has 0 saturated carbocycles. The standard InChI is InChI=1S/C16H19NO/c1-3-11-16(2,15-10-7-12-18-15)17-13-14-8-5-4-6-9-14/h3-10,12,17H,1,11,13H2,2H3/t16-/m1/s1. The molecule has 2 aromatic rings. The van der Waals surface area contributed by atoms with Crippen LogP contribution in [0.1, 0.15) is 24.7 Å². The molecule has 0 saturated heterocycles. The van der Waals surface area contributed by atoms with Crippen molar-refractivity contribution in [2.24, 2.45) is 0 Å². The van der Waals surface area contributed by atoms with E-state index in [1.54, 1.807) is 6.26 Å². The lowest BCUT2D eigenvalue weighted by atomic mass is 9.94. The van der Waals surface area contributed by atoms with Gasteiger partial charge in [-0.25, -0.2) is 0 Å². The molecule has 0 radical (unpaired) electrons. The third-order valence-electron chi connectivity index (χ3n) is 3.14. The molecule has 18 heavy (non-hydrogen) atoms. The lowest BCUT2D eigenvalue weighted by Crippen LogP contribution is -2.38. The second-order valence-electron chi connectivity index (χ2n) is 4.64. The summed E-state index contributed by atoms with van der Waals surface area (Å²) in [6.07, 6.45) is 4.45. The Labute approximate surface area is 108 Å². The van der Waals surface area contributed by atoms with Crippen LogP contribution in [0.3, 0.4) is 0 Å². The van der Waals surface area contributed by atoms with Crippen LogP contribution in [-0.2, 0) is 12.1 Å². The SMILES string of the molecule is C=CC[C@@](C)(NCc1ccccc1)c1ccco1. The molecule has 1 aromatic heterocycles. The van der Waals surface area contributed by atoms with Gasteiger partial charge in [0.1, 0.15) is 5.76 Å². The highest BCUT2D eigenvalue weighted by Crippen LogP contribution is 2.26. The number of furan rings is 1. The van der Waals surface area contributed by atoms with Gasteiger partial charge in [-0.1, -0.05) is 36.4 Å². The van der Waals surface area contributed by atoms with Crippen molar-refractivity contribution in [1.82, 2.24) is 5.32 Å². The van der Waals surface area contributed by atoms with E-state index in [0.717, 1.165) is 18.7 Å². The van der Waals surface area contributed by atoms with E-state index in [9.17, 15) is 0 Å². The number of rotatable bonds is 6. The van der Waals surface area contributed by atoms with Crippen LogP contribution >= 0.6 is 0 Å². The molecule has 1 N–H and O–H groups in total. The minimum atomic E-state index is -0.207. The molecule has 2 nitrogen and oxygen atoms in total. The van der Waals surface area contributed by atoms with Gasteiger partial charge in [0.15, 0.2) is 0 Å². The predicted octanol–water partition coefficient (Wildman–Crippen LogP) is 3.86. The first kappa shape index (κ1) is 12.7. The van der Waals surface area contributed by atoms with Crippen molar-refractivity contribution in [3.8, 4) is 0 Å². The molecule has 0 aliphatic rings. The maximum absolute atomic E-state index is 5.53. The molecule has 0 amide bonds. The summed E-state index contributed by atoms with van der Waals surface area (Å²) in [7, 11) is 0. The molecule has 0 fully saturated rings. The fraction of sp³-hybridized carbons (Fsp3) is 0.250. The van der Waals surface area contributed by atoms with Crippen molar-refractivity contribution in [2.45, 2.75) is 25.4 Å². The Balaban J connectivity index is 2.09. The Bertz CT molecular complexity index is 475. The van der Waals surface area contributed by atoms with Gasteiger partial charge in [0, 0.05) is 6.54 Å². The van der Waals surface area contributed by atoms with Crippen molar-refractivity contribution in [3.05, 3.63) is 72.7 Å². The average Bonchev–Trinajstić information content (AvgIpc) is 2.93. The average molecular weight is 241 g/mol. The Morgan fingerprint density at radius 3 is 2.61 bits per heavy atom. The van der Waals surface area contributed by atoms with Gasteiger partial charge in [0.2, 0.25) is 0 Å². The Hall–Kier alpha value is -1.80. The van der Waals surface area contributed by atoms with E-state index in [4.69, 9.17) is 4.42 Å². The van der Waals surface area contributed by atoms with Gasteiger partial charge in [-0.05, 0) is 31.0 Å². The fourth-order valence-electron chi connectivity index (χ4n) is 2.03. The topological polar surface area (TPSA) is 25.2 Å². The van der Waals surface area contributed by atoms with E-state index in [1.807, 2.05) is 24.3 Å². The third-order valence-corrected chi connectivity index (χ3v) is 3.14. The number of benzene rings is 1. The Morgan fingerprint density at radius 1 is 1.22 bits per heavy atom. The van der Waals surface area contributed by atoms with Gasteiger partial charge in [-0.2, -0.15) is 0 Å². The summed E-state index contributed by atoms with van der Waals surface area (Å²) >= 11 is 0. The van der Waals surface area contributed by atoms with Crippen molar-refractivity contribution in [1.29, 1.82) is 0 Å². The highest BCUT2D eigenvalue weighted by atomic mass is 16.3. The molecule has 0 aliphatic heterocycles. The van der Waals surface area contributed by atoms with Gasteiger partial charge >= 0.3 is 0 Å². The highest BCUT2D eigenvalue weighted by Gasteiger charge is 2.27. The second-order valence-corrected chi connectivity index (χ2v) is 4.64. The molecular weight excluding hydrogens is 222 g/mol. The minimum Gasteiger partial charge on any atom is -0.467 e. The number of hydrogen-bond acceptors (Lipinski definition) is 2. The zero-order valence-corrected chi connectivity index (χ0v) is 10.7. The van der Waals surface area contributed by atoms with Gasteiger partial charge in [0.05, 0.1) is 11.8 Å². The Kier molecular flexibility index (Phi) is 4.00. The summed E-state index contributed by atoms with van der Waals surface area (Å²) in [4.78, 5) is 0. The summed E-state index contributed by atoms with van der Waals surface area (Å²) in [5, 5.41) is 3.55. The molecule has 0 spiro atoms. The maximum atomic E-state index is 5.53. The molecule has 2 heteroatoms. The van der Waals surface area contributed by atoms with Crippen molar-refractivity contribution < 1.29 is 4.42 Å². The normalized spacial score (nSPS) is 14.1. The molecule has 0 aliphatic carbocycles. The molecule has 0 bridgehead atoms. The lowest BCUT2D eigenvalue weighted by molar-refractivity contribution is 0.294. The summed E-state index contributed by atoms with van der Waals surface area (Å²) in [5.74, 6) is 0.943.